The molecular formula is C19H21N. The lowest BCUT2D eigenvalue weighted by molar-refractivity contribution is 1.15. The number of allylic oxidation sites excluding steroid dienone is 4. The second-order valence-corrected chi connectivity index (χ2v) is 4.84. The van der Waals surface area contributed by atoms with E-state index in [1.807, 2.05) is 19.1 Å². The van der Waals surface area contributed by atoms with Gasteiger partial charge in [0.25, 0.3) is 0 Å². The number of anilines is 2. The molecule has 1 heteroatoms. The van der Waals surface area contributed by atoms with E-state index < -0.39 is 0 Å². The number of nitrogens with zero attached hydrogens (tertiary/aromatic N) is 1. The predicted octanol–water partition coefficient (Wildman–Crippen LogP) is 5.61. The highest BCUT2D eigenvalue weighted by Crippen LogP contribution is 2.29. The van der Waals surface area contributed by atoms with E-state index in [4.69, 9.17) is 0 Å². The smallest absolute Gasteiger partial charge is 0.0458 e. The van der Waals surface area contributed by atoms with Crippen molar-refractivity contribution in [3.63, 3.8) is 0 Å². The molecule has 20 heavy (non-hydrogen) atoms. The number of hydrogen-bond donors (Lipinski definition) is 0. The van der Waals surface area contributed by atoms with E-state index in [1.165, 1.54) is 22.6 Å². The molecule has 0 bridgehead atoms. The molecule has 0 aliphatic carbocycles. The van der Waals surface area contributed by atoms with Crippen molar-refractivity contribution in [2.75, 3.05) is 4.90 Å². The minimum Gasteiger partial charge on any atom is -0.315 e. The average Bonchev–Trinajstić information content (AvgIpc) is 2.48. The van der Waals surface area contributed by atoms with Crippen molar-refractivity contribution >= 4 is 11.4 Å². The average molecular weight is 263 g/mol. The van der Waals surface area contributed by atoms with Gasteiger partial charge in [-0.05, 0) is 51.1 Å². The summed E-state index contributed by atoms with van der Waals surface area (Å²) < 4.78 is 0. The fraction of sp³-hybridized carbons (Fsp3) is 0.158. The van der Waals surface area contributed by atoms with Crippen molar-refractivity contribution in [1.82, 2.24) is 0 Å². The molecule has 0 N–H and O–H groups in total. The van der Waals surface area contributed by atoms with Crippen LogP contribution in [0.1, 0.15) is 19.4 Å². The summed E-state index contributed by atoms with van der Waals surface area (Å²) in [5, 5.41) is 0. The van der Waals surface area contributed by atoms with Crippen LogP contribution in [0, 0.1) is 6.92 Å². The molecule has 0 fully saturated rings. The summed E-state index contributed by atoms with van der Waals surface area (Å²) in [7, 11) is 0. The van der Waals surface area contributed by atoms with Crippen LogP contribution in [0.2, 0.25) is 0 Å². The van der Waals surface area contributed by atoms with Crippen molar-refractivity contribution in [2.45, 2.75) is 20.8 Å². The van der Waals surface area contributed by atoms with Crippen molar-refractivity contribution < 1.29 is 0 Å². The van der Waals surface area contributed by atoms with E-state index in [-0.39, 0.29) is 0 Å². The van der Waals surface area contributed by atoms with Gasteiger partial charge in [-0.1, -0.05) is 48.0 Å². The molecule has 2 rings (SSSR count). The van der Waals surface area contributed by atoms with Crippen molar-refractivity contribution in [3.05, 3.63) is 84.1 Å². The molecule has 0 aromatic heterocycles. The molecule has 0 saturated heterocycles. The molecule has 0 saturated carbocycles. The van der Waals surface area contributed by atoms with Crippen molar-refractivity contribution in [3.8, 4) is 0 Å². The van der Waals surface area contributed by atoms with E-state index in [1.54, 1.807) is 0 Å². The Morgan fingerprint density at radius 1 is 0.900 bits per heavy atom. The first-order chi connectivity index (χ1) is 9.72. The maximum Gasteiger partial charge on any atom is 0.0458 e. The lowest BCUT2D eigenvalue weighted by Gasteiger charge is -2.25. The molecule has 0 heterocycles. The topological polar surface area (TPSA) is 3.24 Å². The van der Waals surface area contributed by atoms with E-state index >= 15 is 0 Å². The largest absolute Gasteiger partial charge is 0.315 e. The van der Waals surface area contributed by atoms with Crippen LogP contribution < -0.4 is 4.90 Å². The SMILES string of the molecule is C/C=C\C=C(/C)N(c1ccccc1)c1ccc(C)cc1. The lowest BCUT2D eigenvalue weighted by atomic mass is 10.1. The molecule has 1 nitrogen and oxygen atoms in total. The number of hydrogen-bond acceptors (Lipinski definition) is 1. The van der Waals surface area contributed by atoms with Crippen LogP contribution in [0.4, 0.5) is 11.4 Å². The monoisotopic (exact) mass is 263 g/mol. The Hall–Kier alpha value is -2.28. The van der Waals surface area contributed by atoms with Gasteiger partial charge in [0.05, 0.1) is 0 Å². The van der Waals surface area contributed by atoms with Crippen LogP contribution in [0.15, 0.2) is 78.5 Å². The Morgan fingerprint density at radius 3 is 2.10 bits per heavy atom. The van der Waals surface area contributed by atoms with Crippen molar-refractivity contribution in [1.29, 1.82) is 0 Å². The summed E-state index contributed by atoms with van der Waals surface area (Å²) in [5.41, 5.74) is 4.82. The third-order valence-corrected chi connectivity index (χ3v) is 3.19. The summed E-state index contributed by atoms with van der Waals surface area (Å²) in [5.74, 6) is 0. The quantitative estimate of drug-likeness (QED) is 0.648. The van der Waals surface area contributed by atoms with E-state index in [2.05, 4.69) is 79.4 Å². The van der Waals surface area contributed by atoms with Crippen LogP contribution in [-0.2, 0) is 0 Å². The highest BCUT2D eigenvalue weighted by Gasteiger charge is 2.10. The highest BCUT2D eigenvalue weighted by atomic mass is 15.1. The van der Waals surface area contributed by atoms with Crippen LogP contribution in [0.25, 0.3) is 0 Å². The lowest BCUT2D eigenvalue weighted by Crippen LogP contribution is -2.14. The molecule has 102 valence electrons. The van der Waals surface area contributed by atoms with Gasteiger partial charge in [0.15, 0.2) is 0 Å². The molecule has 2 aromatic carbocycles. The van der Waals surface area contributed by atoms with Gasteiger partial charge < -0.3 is 4.90 Å². The van der Waals surface area contributed by atoms with Gasteiger partial charge in [-0.15, -0.1) is 0 Å². The number of benzene rings is 2. The van der Waals surface area contributed by atoms with Crippen LogP contribution in [-0.4, -0.2) is 0 Å². The van der Waals surface area contributed by atoms with Gasteiger partial charge >= 0.3 is 0 Å². The van der Waals surface area contributed by atoms with E-state index in [9.17, 15) is 0 Å². The Labute approximate surface area is 121 Å². The first kappa shape index (κ1) is 14.1. The maximum atomic E-state index is 2.26. The van der Waals surface area contributed by atoms with Gasteiger partial charge in [0.1, 0.15) is 0 Å². The number of aryl methyl sites for hydroxylation is 1. The zero-order valence-electron chi connectivity index (χ0n) is 12.4. The Kier molecular flexibility index (Phi) is 4.78. The number of para-hydroxylation sites is 1. The van der Waals surface area contributed by atoms with Gasteiger partial charge in [-0.2, -0.15) is 0 Å². The summed E-state index contributed by atoms with van der Waals surface area (Å²) >= 11 is 0. The third kappa shape index (κ3) is 3.39. The molecular weight excluding hydrogens is 242 g/mol. The zero-order chi connectivity index (χ0) is 14.4. The molecule has 0 aliphatic heterocycles. The standard InChI is InChI=1S/C19H21N/c1-4-5-9-17(3)20(18-10-7-6-8-11-18)19-14-12-16(2)13-15-19/h4-15H,1-3H3/b5-4-,17-9+. The van der Waals surface area contributed by atoms with E-state index in [0.29, 0.717) is 0 Å². The minimum absolute atomic E-state index is 1.18. The van der Waals surface area contributed by atoms with Gasteiger partial charge in [-0.3, -0.25) is 0 Å². The van der Waals surface area contributed by atoms with Gasteiger partial charge in [0.2, 0.25) is 0 Å². The fourth-order valence-corrected chi connectivity index (χ4v) is 2.14. The van der Waals surface area contributed by atoms with Crippen LogP contribution in [0.5, 0.6) is 0 Å². The second-order valence-electron chi connectivity index (χ2n) is 4.84. The molecule has 0 amide bonds. The summed E-state index contributed by atoms with van der Waals surface area (Å²) in [4.78, 5) is 2.26. The molecule has 0 spiro atoms. The Bertz CT molecular complexity index is 591. The normalized spacial score (nSPS) is 11.8. The maximum absolute atomic E-state index is 2.26. The minimum atomic E-state index is 1.18. The first-order valence-corrected chi connectivity index (χ1v) is 6.94. The molecule has 0 radical (unpaired) electrons. The van der Waals surface area contributed by atoms with Gasteiger partial charge in [0, 0.05) is 17.1 Å². The molecule has 0 atom stereocenters. The number of rotatable bonds is 4. The predicted molar refractivity (Wildman–Crippen MR) is 88.3 cm³/mol. The Balaban J connectivity index is 2.47. The summed E-state index contributed by atoms with van der Waals surface area (Å²) in [6, 6.07) is 19.1. The second kappa shape index (κ2) is 6.76. The third-order valence-electron chi connectivity index (χ3n) is 3.19. The fourth-order valence-electron chi connectivity index (χ4n) is 2.14. The van der Waals surface area contributed by atoms with Crippen molar-refractivity contribution in [2.24, 2.45) is 0 Å². The highest BCUT2D eigenvalue weighted by molar-refractivity contribution is 5.68. The van der Waals surface area contributed by atoms with E-state index in [0.717, 1.165) is 0 Å². The first-order valence-electron chi connectivity index (χ1n) is 6.94. The molecule has 0 unspecified atom stereocenters. The van der Waals surface area contributed by atoms with Gasteiger partial charge in [-0.25, -0.2) is 0 Å². The molecule has 0 aliphatic rings. The van der Waals surface area contributed by atoms with Crippen LogP contribution in [0.3, 0.4) is 0 Å². The summed E-state index contributed by atoms with van der Waals surface area (Å²) in [6.45, 7) is 6.27. The Morgan fingerprint density at radius 2 is 1.50 bits per heavy atom. The zero-order valence-corrected chi connectivity index (χ0v) is 12.4. The summed E-state index contributed by atoms with van der Waals surface area (Å²) in [6.07, 6.45) is 6.24. The molecule has 2 aromatic rings. The van der Waals surface area contributed by atoms with Crippen LogP contribution >= 0.6 is 0 Å².